The summed E-state index contributed by atoms with van der Waals surface area (Å²) in [7, 11) is -4.49. The molecule has 0 fully saturated rings. The van der Waals surface area contributed by atoms with E-state index in [0.717, 1.165) is 10.4 Å². The standard InChI is InChI=1S/C14H17Cl2NSi2/c1-18(15,13-9-5-3-6-10-13)17-19(2,16)14-11-7-4-8-12-14/h3-12,17H,1-2H3. The van der Waals surface area contributed by atoms with E-state index in [-0.39, 0.29) is 0 Å². The quantitative estimate of drug-likeness (QED) is 0.673. The van der Waals surface area contributed by atoms with Crippen molar-refractivity contribution in [1.29, 1.82) is 0 Å². The first-order chi connectivity index (χ1) is 8.92. The summed E-state index contributed by atoms with van der Waals surface area (Å²) < 4.78 is 3.57. The zero-order chi connectivity index (χ0) is 13.9. The molecule has 100 valence electrons. The van der Waals surface area contributed by atoms with Crippen LogP contribution in [0.2, 0.25) is 13.1 Å². The van der Waals surface area contributed by atoms with Crippen LogP contribution in [-0.2, 0) is 0 Å². The molecule has 0 spiro atoms. The average Bonchev–Trinajstić information content (AvgIpc) is 2.40. The minimum absolute atomic E-state index is 1.16. The largest absolute Gasteiger partial charge is 0.328 e. The summed E-state index contributed by atoms with van der Waals surface area (Å²) in [6.07, 6.45) is 0. The molecule has 0 bridgehead atoms. The van der Waals surface area contributed by atoms with Gasteiger partial charge in [0.1, 0.15) is 0 Å². The Balaban J connectivity index is 2.25. The highest BCUT2D eigenvalue weighted by Gasteiger charge is 2.38. The number of nitrogens with one attached hydrogen (secondary N) is 1. The lowest BCUT2D eigenvalue weighted by atomic mass is 10.4. The van der Waals surface area contributed by atoms with Gasteiger partial charge in [-0.25, -0.2) is 0 Å². The summed E-state index contributed by atoms with van der Waals surface area (Å²) in [4.78, 5) is 0. The number of hydrogen-bond acceptors (Lipinski definition) is 1. The number of halogens is 2. The molecule has 1 N–H and O–H groups in total. The monoisotopic (exact) mass is 325 g/mol. The van der Waals surface area contributed by atoms with Gasteiger partial charge in [0, 0.05) is 0 Å². The van der Waals surface area contributed by atoms with Crippen molar-refractivity contribution in [2.75, 3.05) is 0 Å². The molecule has 2 aromatic rings. The van der Waals surface area contributed by atoms with Crippen molar-refractivity contribution in [3.05, 3.63) is 60.7 Å². The fraction of sp³-hybridized carbons (Fsp3) is 0.143. The minimum atomic E-state index is -2.25. The van der Waals surface area contributed by atoms with Crippen LogP contribution < -0.4 is 15.0 Å². The molecule has 2 unspecified atom stereocenters. The normalized spacial score (nSPS) is 17.5. The maximum absolute atomic E-state index is 6.77. The van der Waals surface area contributed by atoms with E-state index in [9.17, 15) is 0 Å². The molecule has 0 heterocycles. The van der Waals surface area contributed by atoms with Gasteiger partial charge in [-0.2, -0.15) is 0 Å². The summed E-state index contributed by atoms with van der Waals surface area (Å²) in [5.74, 6) is 0. The van der Waals surface area contributed by atoms with Crippen molar-refractivity contribution in [2.24, 2.45) is 0 Å². The number of benzene rings is 2. The molecule has 1 nitrogen and oxygen atoms in total. The van der Waals surface area contributed by atoms with Crippen molar-refractivity contribution in [1.82, 2.24) is 4.65 Å². The van der Waals surface area contributed by atoms with Gasteiger partial charge in [-0.3, -0.25) is 0 Å². The van der Waals surface area contributed by atoms with E-state index in [1.165, 1.54) is 0 Å². The first-order valence-corrected chi connectivity index (χ1v) is 13.2. The molecular formula is C14H17Cl2NSi2. The van der Waals surface area contributed by atoms with Gasteiger partial charge < -0.3 is 4.65 Å². The van der Waals surface area contributed by atoms with Crippen molar-refractivity contribution >= 4 is 47.6 Å². The SMILES string of the molecule is C[Si](Cl)(N[Si](C)(Cl)c1ccccc1)c1ccccc1. The zero-order valence-electron chi connectivity index (χ0n) is 11.0. The predicted octanol–water partition coefficient (Wildman–Crippen LogP) is 3.01. The molecule has 2 rings (SSSR count). The molecule has 0 saturated heterocycles. The van der Waals surface area contributed by atoms with E-state index in [0.29, 0.717) is 0 Å². The second kappa shape index (κ2) is 5.81. The van der Waals surface area contributed by atoms with Gasteiger partial charge in [0.15, 0.2) is 0 Å². The van der Waals surface area contributed by atoms with Gasteiger partial charge in [0.25, 0.3) is 0 Å². The second-order valence-electron chi connectivity index (χ2n) is 4.86. The molecule has 2 atom stereocenters. The van der Waals surface area contributed by atoms with Gasteiger partial charge in [-0.1, -0.05) is 60.7 Å². The molecule has 0 saturated carbocycles. The summed E-state index contributed by atoms with van der Waals surface area (Å²) in [6, 6.07) is 20.3. The first kappa shape index (κ1) is 14.8. The van der Waals surface area contributed by atoms with Gasteiger partial charge in [-0.05, 0) is 23.5 Å². The maximum Gasteiger partial charge on any atom is 0.249 e. The molecule has 0 aliphatic heterocycles. The van der Waals surface area contributed by atoms with E-state index >= 15 is 0 Å². The molecule has 5 heteroatoms. The third kappa shape index (κ3) is 3.71. The first-order valence-electron chi connectivity index (χ1n) is 6.20. The Kier molecular flexibility index (Phi) is 4.53. The van der Waals surface area contributed by atoms with Crippen LogP contribution in [0.4, 0.5) is 0 Å². The maximum atomic E-state index is 6.77. The third-order valence-electron chi connectivity index (χ3n) is 3.10. The van der Waals surface area contributed by atoms with Crippen molar-refractivity contribution < 1.29 is 0 Å². The zero-order valence-corrected chi connectivity index (χ0v) is 14.5. The van der Waals surface area contributed by atoms with Crippen LogP contribution in [0.15, 0.2) is 60.7 Å². The Morgan fingerprint density at radius 2 is 1.00 bits per heavy atom. The van der Waals surface area contributed by atoms with E-state index < -0.39 is 15.1 Å². The van der Waals surface area contributed by atoms with Crippen LogP contribution in [-0.4, -0.2) is 15.1 Å². The van der Waals surface area contributed by atoms with Crippen LogP contribution in [0.1, 0.15) is 0 Å². The molecule has 0 aliphatic rings. The lowest BCUT2D eigenvalue weighted by Gasteiger charge is -2.31. The third-order valence-corrected chi connectivity index (χ3v) is 12.7. The van der Waals surface area contributed by atoms with Crippen LogP contribution in [0.25, 0.3) is 0 Å². The minimum Gasteiger partial charge on any atom is -0.328 e. The van der Waals surface area contributed by atoms with Crippen LogP contribution >= 0.6 is 22.2 Å². The van der Waals surface area contributed by atoms with E-state index in [1.54, 1.807) is 0 Å². The molecule has 0 aromatic heterocycles. The molecule has 2 aromatic carbocycles. The molecule has 0 amide bonds. The Morgan fingerprint density at radius 1 is 0.684 bits per heavy atom. The molecular weight excluding hydrogens is 309 g/mol. The predicted molar refractivity (Wildman–Crippen MR) is 90.2 cm³/mol. The fourth-order valence-electron chi connectivity index (χ4n) is 2.09. The van der Waals surface area contributed by atoms with E-state index in [4.69, 9.17) is 22.2 Å². The van der Waals surface area contributed by atoms with Crippen molar-refractivity contribution in [2.45, 2.75) is 13.1 Å². The Hall–Kier alpha value is -0.586. The summed E-state index contributed by atoms with van der Waals surface area (Å²) >= 11 is 13.5. The molecule has 0 aliphatic carbocycles. The number of hydrogen-bond donors (Lipinski definition) is 1. The highest BCUT2D eigenvalue weighted by atomic mass is 35.6. The fourth-order valence-corrected chi connectivity index (χ4v) is 13.0. The van der Waals surface area contributed by atoms with Gasteiger partial charge in [0.05, 0.1) is 0 Å². The number of rotatable bonds is 4. The highest BCUT2D eigenvalue weighted by Crippen LogP contribution is 2.13. The molecule has 19 heavy (non-hydrogen) atoms. The second-order valence-corrected chi connectivity index (χ2v) is 15.6. The van der Waals surface area contributed by atoms with E-state index in [2.05, 4.69) is 42.0 Å². The summed E-state index contributed by atoms with van der Waals surface area (Å²) in [5, 5.41) is 2.32. The topological polar surface area (TPSA) is 12.0 Å². The van der Waals surface area contributed by atoms with Crippen molar-refractivity contribution in [3.63, 3.8) is 0 Å². The summed E-state index contributed by atoms with van der Waals surface area (Å²) in [6.45, 7) is 4.17. The Bertz CT molecular complexity index is 480. The van der Waals surface area contributed by atoms with Gasteiger partial charge in [0.2, 0.25) is 15.1 Å². The average molecular weight is 326 g/mol. The van der Waals surface area contributed by atoms with Crippen LogP contribution in [0, 0.1) is 0 Å². The van der Waals surface area contributed by atoms with Gasteiger partial charge >= 0.3 is 0 Å². The Morgan fingerprint density at radius 3 is 1.32 bits per heavy atom. The Labute approximate surface area is 126 Å². The van der Waals surface area contributed by atoms with Crippen LogP contribution in [0.5, 0.6) is 0 Å². The van der Waals surface area contributed by atoms with E-state index in [1.807, 2.05) is 36.4 Å². The van der Waals surface area contributed by atoms with Gasteiger partial charge in [-0.15, -0.1) is 22.2 Å². The van der Waals surface area contributed by atoms with Crippen LogP contribution in [0.3, 0.4) is 0 Å². The highest BCUT2D eigenvalue weighted by molar-refractivity contribution is 7.36. The lowest BCUT2D eigenvalue weighted by molar-refractivity contribution is 1.43. The summed E-state index contributed by atoms with van der Waals surface area (Å²) in [5.41, 5.74) is 0. The van der Waals surface area contributed by atoms with Crippen molar-refractivity contribution in [3.8, 4) is 0 Å². The smallest absolute Gasteiger partial charge is 0.249 e. The lowest BCUT2D eigenvalue weighted by Crippen LogP contribution is -2.67. The molecule has 0 radical (unpaired) electrons.